The van der Waals surface area contributed by atoms with Crippen molar-refractivity contribution in [1.82, 2.24) is 4.90 Å². The quantitative estimate of drug-likeness (QED) is 0.536. The highest BCUT2D eigenvalue weighted by molar-refractivity contribution is 5.96. The van der Waals surface area contributed by atoms with E-state index in [2.05, 4.69) is 4.90 Å². The van der Waals surface area contributed by atoms with E-state index in [0.29, 0.717) is 12.3 Å². The van der Waals surface area contributed by atoms with Crippen LogP contribution in [0, 0.1) is 11.8 Å². The number of hydrogen-bond acceptors (Lipinski definition) is 5. The van der Waals surface area contributed by atoms with Crippen molar-refractivity contribution in [2.45, 2.75) is 51.2 Å². The number of fused-ring (bicyclic) bond motifs is 2. The molecule has 112 valence electrons. The fourth-order valence-electron chi connectivity index (χ4n) is 3.77. The molecule has 4 saturated heterocycles. The first-order valence-electron chi connectivity index (χ1n) is 7.47. The Morgan fingerprint density at radius 1 is 1.35 bits per heavy atom. The molecule has 0 aromatic heterocycles. The molecule has 0 N–H and O–H groups in total. The summed E-state index contributed by atoms with van der Waals surface area (Å²) >= 11 is 0. The Hall–Kier alpha value is -1.10. The van der Waals surface area contributed by atoms with Crippen LogP contribution >= 0.6 is 0 Å². The minimum absolute atomic E-state index is 0.395. The summed E-state index contributed by atoms with van der Waals surface area (Å²) in [5.74, 6) is -1.16. The molecular weight excluding hydrogens is 258 g/mol. The maximum absolute atomic E-state index is 12.2. The third kappa shape index (κ3) is 2.32. The van der Waals surface area contributed by atoms with E-state index < -0.39 is 29.1 Å². The molecule has 2 atom stereocenters. The van der Waals surface area contributed by atoms with Gasteiger partial charge in [-0.05, 0) is 46.7 Å². The molecule has 4 fully saturated rings. The van der Waals surface area contributed by atoms with Crippen molar-refractivity contribution in [3.8, 4) is 0 Å². The van der Waals surface area contributed by atoms with E-state index in [1.165, 1.54) is 0 Å². The fourth-order valence-corrected chi connectivity index (χ4v) is 3.77. The van der Waals surface area contributed by atoms with Crippen molar-refractivity contribution >= 4 is 11.9 Å². The van der Waals surface area contributed by atoms with Crippen LogP contribution in [0.25, 0.3) is 0 Å². The maximum Gasteiger partial charge on any atom is 0.321 e. The van der Waals surface area contributed by atoms with Crippen molar-refractivity contribution in [2.24, 2.45) is 11.8 Å². The predicted octanol–water partition coefficient (Wildman–Crippen LogP) is 1.36. The van der Waals surface area contributed by atoms with Gasteiger partial charge in [-0.2, -0.15) is 0 Å². The molecular formula is C15H23NO4. The number of carbonyl (C=O) groups is 2. The number of nitrogens with zero attached hydrogens (tertiary/aromatic N) is 1. The second-order valence-corrected chi connectivity index (χ2v) is 7.33. The van der Waals surface area contributed by atoms with E-state index in [-0.39, 0.29) is 0 Å². The Bertz CT molecular complexity index is 434. The van der Waals surface area contributed by atoms with E-state index in [9.17, 15) is 9.59 Å². The van der Waals surface area contributed by atoms with Crippen LogP contribution in [0.15, 0.2) is 0 Å². The molecule has 4 heterocycles. The average molecular weight is 281 g/mol. The first-order valence-corrected chi connectivity index (χ1v) is 7.47. The second-order valence-electron chi connectivity index (χ2n) is 7.33. The van der Waals surface area contributed by atoms with E-state index in [1.807, 2.05) is 20.8 Å². The van der Waals surface area contributed by atoms with Crippen LogP contribution < -0.4 is 0 Å². The summed E-state index contributed by atoms with van der Waals surface area (Å²) in [5, 5.41) is 0. The number of hydrogen-bond donors (Lipinski definition) is 0. The van der Waals surface area contributed by atoms with Crippen LogP contribution in [0.4, 0.5) is 0 Å². The summed E-state index contributed by atoms with van der Waals surface area (Å²) in [6, 6.07) is 0. The summed E-state index contributed by atoms with van der Waals surface area (Å²) < 4.78 is 11.0. The van der Waals surface area contributed by atoms with Crippen LogP contribution in [0.3, 0.4) is 0 Å². The topological polar surface area (TPSA) is 55.8 Å². The summed E-state index contributed by atoms with van der Waals surface area (Å²) in [6.45, 7) is 8.39. The lowest BCUT2D eigenvalue weighted by Crippen LogP contribution is -2.59. The van der Waals surface area contributed by atoms with Gasteiger partial charge in [0.25, 0.3) is 0 Å². The van der Waals surface area contributed by atoms with Crippen molar-refractivity contribution in [3.63, 3.8) is 0 Å². The second kappa shape index (κ2) is 4.45. The molecule has 0 aromatic carbocycles. The van der Waals surface area contributed by atoms with Crippen LogP contribution in [0.5, 0.6) is 0 Å². The Balaban J connectivity index is 1.74. The molecule has 0 saturated carbocycles. The summed E-state index contributed by atoms with van der Waals surface area (Å²) in [6.07, 6.45) is 2.62. The lowest BCUT2D eigenvalue weighted by Gasteiger charge is -2.50. The van der Waals surface area contributed by atoms with E-state index >= 15 is 0 Å². The van der Waals surface area contributed by atoms with Gasteiger partial charge in [-0.15, -0.1) is 0 Å². The standard InChI is InChI=1S/C15H23NO4/c1-14(2,3)19-12(17)11-8-15(20-13(11)18)9-16-6-4-10(15)5-7-16/h10-11H,4-9H2,1-3H3/t11-,15-/m0/s1. The van der Waals surface area contributed by atoms with Crippen molar-refractivity contribution in [2.75, 3.05) is 19.6 Å². The molecule has 0 amide bonds. The van der Waals surface area contributed by atoms with Gasteiger partial charge in [0.2, 0.25) is 0 Å². The van der Waals surface area contributed by atoms with Gasteiger partial charge >= 0.3 is 11.9 Å². The monoisotopic (exact) mass is 281 g/mol. The third-order valence-electron chi connectivity index (χ3n) is 4.65. The Morgan fingerprint density at radius 2 is 2.00 bits per heavy atom. The number of esters is 2. The van der Waals surface area contributed by atoms with Crippen molar-refractivity contribution in [3.05, 3.63) is 0 Å². The average Bonchev–Trinajstić information content (AvgIpc) is 2.65. The Kier molecular flexibility index (Phi) is 3.08. The highest BCUT2D eigenvalue weighted by Crippen LogP contribution is 2.46. The summed E-state index contributed by atoms with van der Waals surface area (Å²) in [5.41, 5.74) is -1.00. The molecule has 5 nitrogen and oxygen atoms in total. The SMILES string of the molecule is CC(C)(C)OC(=O)[C@@H]1C[C@@]2(CN3CCC2CC3)OC1=O. The van der Waals surface area contributed by atoms with Gasteiger partial charge in [-0.3, -0.25) is 14.5 Å². The number of ether oxygens (including phenoxy) is 2. The molecule has 4 aliphatic rings. The molecule has 0 aliphatic carbocycles. The first-order chi connectivity index (χ1) is 9.29. The first kappa shape index (κ1) is 13.9. The fraction of sp³-hybridized carbons (Fsp3) is 0.867. The molecule has 0 unspecified atom stereocenters. The van der Waals surface area contributed by atoms with Crippen LogP contribution in [0.1, 0.15) is 40.0 Å². The lowest BCUT2D eigenvalue weighted by molar-refractivity contribution is -0.170. The predicted molar refractivity (Wildman–Crippen MR) is 71.9 cm³/mol. The smallest absolute Gasteiger partial charge is 0.321 e. The Labute approximate surface area is 119 Å². The number of carbonyl (C=O) groups excluding carboxylic acids is 2. The number of rotatable bonds is 1. The minimum Gasteiger partial charge on any atom is -0.459 e. The molecule has 4 aliphatic heterocycles. The largest absolute Gasteiger partial charge is 0.459 e. The zero-order valence-corrected chi connectivity index (χ0v) is 12.5. The van der Waals surface area contributed by atoms with Gasteiger partial charge in [0.05, 0.1) is 0 Å². The minimum atomic E-state index is -0.741. The van der Waals surface area contributed by atoms with Gasteiger partial charge in [0.15, 0.2) is 5.92 Å². The van der Waals surface area contributed by atoms with Crippen LogP contribution in [-0.2, 0) is 19.1 Å². The summed E-state index contributed by atoms with van der Waals surface area (Å²) in [4.78, 5) is 26.6. The highest BCUT2D eigenvalue weighted by Gasteiger charge is 2.58. The van der Waals surface area contributed by atoms with E-state index in [1.54, 1.807) is 0 Å². The normalized spacial score (nSPS) is 40.0. The van der Waals surface area contributed by atoms with E-state index in [0.717, 1.165) is 32.5 Å². The van der Waals surface area contributed by atoms with Crippen molar-refractivity contribution in [1.29, 1.82) is 0 Å². The molecule has 20 heavy (non-hydrogen) atoms. The number of piperidine rings is 3. The zero-order valence-electron chi connectivity index (χ0n) is 12.5. The Morgan fingerprint density at radius 3 is 2.50 bits per heavy atom. The summed E-state index contributed by atoms with van der Waals surface area (Å²) in [7, 11) is 0. The molecule has 0 radical (unpaired) electrons. The molecule has 0 aromatic rings. The van der Waals surface area contributed by atoms with Gasteiger partial charge in [-0.1, -0.05) is 0 Å². The van der Waals surface area contributed by atoms with Crippen molar-refractivity contribution < 1.29 is 19.1 Å². The molecule has 4 rings (SSSR count). The van der Waals surface area contributed by atoms with E-state index in [4.69, 9.17) is 9.47 Å². The molecule has 5 heteroatoms. The maximum atomic E-state index is 12.2. The van der Waals surface area contributed by atoms with Gasteiger partial charge in [-0.25, -0.2) is 0 Å². The van der Waals surface area contributed by atoms with Crippen LogP contribution in [0.2, 0.25) is 0 Å². The van der Waals surface area contributed by atoms with Gasteiger partial charge in [0.1, 0.15) is 11.2 Å². The lowest BCUT2D eigenvalue weighted by atomic mass is 9.72. The van der Waals surface area contributed by atoms with Gasteiger partial charge in [0, 0.05) is 18.9 Å². The zero-order chi connectivity index (χ0) is 14.5. The highest BCUT2D eigenvalue weighted by atomic mass is 16.6. The van der Waals surface area contributed by atoms with Gasteiger partial charge < -0.3 is 9.47 Å². The molecule has 2 bridgehead atoms. The molecule has 1 spiro atoms. The van der Waals surface area contributed by atoms with Crippen LogP contribution in [-0.4, -0.2) is 47.7 Å². The third-order valence-corrected chi connectivity index (χ3v) is 4.65.